The van der Waals surface area contributed by atoms with Crippen molar-refractivity contribution in [1.29, 1.82) is 0 Å². The third kappa shape index (κ3) is 3.44. The number of benzene rings is 1. The molecular formula is C17H19ClF3N3. The van der Waals surface area contributed by atoms with Crippen LogP contribution in [-0.4, -0.2) is 16.1 Å². The monoisotopic (exact) mass is 357 g/mol. The average Bonchev–Trinajstić information content (AvgIpc) is 2.89. The minimum Gasteiger partial charge on any atom is -0.328 e. The molecule has 7 heteroatoms. The fraction of sp³-hybridized carbons (Fsp3) is 0.471. The zero-order chi connectivity index (χ0) is 17.3. The number of nitrogens with zero attached hydrogens (tertiary/aromatic N) is 2. The van der Waals surface area contributed by atoms with Gasteiger partial charge in [0.25, 0.3) is 0 Å². The molecule has 0 fully saturated rings. The van der Waals surface area contributed by atoms with E-state index in [0.717, 1.165) is 55.1 Å². The Labute approximate surface area is 143 Å². The second kappa shape index (κ2) is 6.76. The summed E-state index contributed by atoms with van der Waals surface area (Å²) in [5.41, 5.74) is 1.26. The molecule has 0 saturated carbocycles. The molecule has 24 heavy (non-hydrogen) atoms. The van der Waals surface area contributed by atoms with Crippen molar-refractivity contribution in [1.82, 2.24) is 14.9 Å². The van der Waals surface area contributed by atoms with E-state index in [4.69, 9.17) is 11.6 Å². The summed E-state index contributed by atoms with van der Waals surface area (Å²) in [7, 11) is 0. The van der Waals surface area contributed by atoms with Crippen molar-refractivity contribution in [2.75, 3.05) is 6.54 Å². The smallest absolute Gasteiger partial charge is 0.328 e. The van der Waals surface area contributed by atoms with E-state index in [1.54, 1.807) is 12.1 Å². The largest absolute Gasteiger partial charge is 0.416 e. The summed E-state index contributed by atoms with van der Waals surface area (Å²) < 4.78 is 40.0. The van der Waals surface area contributed by atoms with Crippen LogP contribution in [0.15, 0.2) is 24.3 Å². The molecule has 0 bridgehead atoms. The van der Waals surface area contributed by atoms with Crippen LogP contribution >= 0.6 is 11.6 Å². The lowest BCUT2D eigenvalue weighted by Gasteiger charge is -2.27. The number of nitrogens with one attached hydrogen (secondary N) is 1. The number of fused-ring (bicyclic) bond motifs is 1. The van der Waals surface area contributed by atoms with Gasteiger partial charge in [-0.15, -0.1) is 0 Å². The van der Waals surface area contributed by atoms with E-state index in [1.807, 2.05) is 6.92 Å². The summed E-state index contributed by atoms with van der Waals surface area (Å²) in [6.45, 7) is 3.73. The highest BCUT2D eigenvalue weighted by Gasteiger charge is 2.30. The van der Waals surface area contributed by atoms with Crippen LogP contribution in [0, 0.1) is 0 Å². The van der Waals surface area contributed by atoms with Gasteiger partial charge in [-0.2, -0.15) is 13.2 Å². The van der Waals surface area contributed by atoms with Crippen LogP contribution in [-0.2, 0) is 25.6 Å². The molecule has 2 aromatic rings. The molecule has 0 saturated heterocycles. The molecule has 1 N–H and O–H groups in total. The number of hydrogen-bond donors (Lipinski definition) is 1. The number of aryl methyl sites for hydroxylation is 2. The molecule has 1 aromatic carbocycles. The molecule has 1 unspecified atom stereocenters. The standard InChI is InChI=1S/C17H19ClF3N3/c1-2-14-23-16(18)15-13(22-9-10-24(14)15)8-5-11-3-6-12(7-4-11)17(19,20)21/h3-4,6-7,13,22H,2,5,8-10H2,1H3. The van der Waals surface area contributed by atoms with Crippen molar-refractivity contribution >= 4 is 11.6 Å². The topological polar surface area (TPSA) is 29.9 Å². The van der Waals surface area contributed by atoms with Gasteiger partial charge >= 0.3 is 6.18 Å². The molecule has 0 radical (unpaired) electrons. The Morgan fingerprint density at radius 2 is 2.00 bits per heavy atom. The van der Waals surface area contributed by atoms with E-state index in [9.17, 15) is 13.2 Å². The molecule has 2 heterocycles. The number of rotatable bonds is 4. The normalized spacial score (nSPS) is 17.8. The SMILES string of the molecule is CCc1nc(Cl)c2n1CCNC2CCc1ccc(C(F)(F)F)cc1. The van der Waals surface area contributed by atoms with Crippen LogP contribution in [0.3, 0.4) is 0 Å². The first kappa shape index (κ1) is 17.3. The van der Waals surface area contributed by atoms with Crippen molar-refractivity contribution < 1.29 is 13.2 Å². The predicted octanol–water partition coefficient (Wildman–Crippen LogP) is 4.39. The average molecular weight is 358 g/mol. The van der Waals surface area contributed by atoms with Crippen LogP contribution in [0.5, 0.6) is 0 Å². The van der Waals surface area contributed by atoms with Crippen molar-refractivity contribution in [3.63, 3.8) is 0 Å². The van der Waals surface area contributed by atoms with Crippen LogP contribution in [0.2, 0.25) is 5.15 Å². The molecule has 1 aromatic heterocycles. The zero-order valence-electron chi connectivity index (χ0n) is 13.3. The van der Waals surface area contributed by atoms with E-state index in [-0.39, 0.29) is 6.04 Å². The molecule has 130 valence electrons. The molecule has 3 rings (SSSR count). The molecular weight excluding hydrogens is 339 g/mol. The summed E-state index contributed by atoms with van der Waals surface area (Å²) in [5.74, 6) is 0.982. The maximum Gasteiger partial charge on any atom is 0.416 e. The molecule has 1 atom stereocenters. The lowest BCUT2D eigenvalue weighted by Crippen LogP contribution is -2.34. The molecule has 0 spiro atoms. The molecule has 1 aliphatic rings. The van der Waals surface area contributed by atoms with Gasteiger partial charge in [0.05, 0.1) is 17.3 Å². The fourth-order valence-electron chi connectivity index (χ4n) is 3.19. The van der Waals surface area contributed by atoms with Gasteiger partial charge < -0.3 is 9.88 Å². The number of alkyl halides is 3. The first-order chi connectivity index (χ1) is 11.4. The highest BCUT2D eigenvalue weighted by molar-refractivity contribution is 6.30. The summed E-state index contributed by atoms with van der Waals surface area (Å²) >= 11 is 6.29. The van der Waals surface area contributed by atoms with Gasteiger partial charge in [-0.05, 0) is 30.5 Å². The number of halogens is 4. The maximum absolute atomic E-state index is 12.6. The highest BCUT2D eigenvalue weighted by Crippen LogP contribution is 2.31. The second-order valence-corrected chi connectivity index (χ2v) is 6.31. The van der Waals surface area contributed by atoms with Crippen LogP contribution < -0.4 is 5.32 Å². The minimum atomic E-state index is -4.29. The lowest BCUT2D eigenvalue weighted by molar-refractivity contribution is -0.137. The Balaban J connectivity index is 1.71. The Morgan fingerprint density at radius 3 is 2.62 bits per heavy atom. The number of imidazole rings is 1. The molecule has 1 aliphatic heterocycles. The van der Waals surface area contributed by atoms with Crippen LogP contribution in [0.4, 0.5) is 13.2 Å². The van der Waals surface area contributed by atoms with Gasteiger partial charge in [0, 0.05) is 19.5 Å². The van der Waals surface area contributed by atoms with Gasteiger partial charge in [0.2, 0.25) is 0 Å². The Hall–Kier alpha value is -1.53. The summed E-state index contributed by atoms with van der Waals surface area (Å²) in [5, 5.41) is 3.96. The highest BCUT2D eigenvalue weighted by atomic mass is 35.5. The predicted molar refractivity (Wildman–Crippen MR) is 87.1 cm³/mol. The van der Waals surface area contributed by atoms with Gasteiger partial charge in [0.15, 0.2) is 5.15 Å². The molecule has 0 amide bonds. The van der Waals surface area contributed by atoms with E-state index in [1.165, 1.54) is 0 Å². The van der Waals surface area contributed by atoms with E-state index in [0.29, 0.717) is 11.6 Å². The third-order valence-corrected chi connectivity index (χ3v) is 4.69. The van der Waals surface area contributed by atoms with Crippen molar-refractivity contribution in [3.05, 3.63) is 52.1 Å². The minimum absolute atomic E-state index is 0.0707. The third-order valence-electron chi connectivity index (χ3n) is 4.42. The van der Waals surface area contributed by atoms with Gasteiger partial charge in [-0.25, -0.2) is 4.98 Å². The van der Waals surface area contributed by atoms with E-state index < -0.39 is 11.7 Å². The van der Waals surface area contributed by atoms with Crippen LogP contribution in [0.25, 0.3) is 0 Å². The van der Waals surface area contributed by atoms with Crippen molar-refractivity contribution in [3.8, 4) is 0 Å². The Morgan fingerprint density at radius 1 is 1.29 bits per heavy atom. The zero-order valence-corrected chi connectivity index (χ0v) is 14.1. The molecule has 3 nitrogen and oxygen atoms in total. The number of aromatic nitrogens is 2. The van der Waals surface area contributed by atoms with Gasteiger partial charge in [0.1, 0.15) is 5.82 Å². The second-order valence-electron chi connectivity index (χ2n) is 5.95. The Bertz CT molecular complexity index is 707. The lowest BCUT2D eigenvalue weighted by atomic mass is 10.0. The van der Waals surface area contributed by atoms with E-state index in [2.05, 4.69) is 14.9 Å². The summed E-state index contributed by atoms with van der Waals surface area (Å²) in [6, 6.07) is 5.43. The first-order valence-electron chi connectivity index (χ1n) is 8.04. The fourth-order valence-corrected chi connectivity index (χ4v) is 3.52. The van der Waals surface area contributed by atoms with Crippen LogP contribution in [0.1, 0.15) is 42.0 Å². The maximum atomic E-state index is 12.6. The van der Waals surface area contributed by atoms with Gasteiger partial charge in [-0.1, -0.05) is 30.7 Å². The van der Waals surface area contributed by atoms with Crippen molar-refractivity contribution in [2.45, 2.75) is 44.9 Å². The Kier molecular flexibility index (Phi) is 4.88. The summed E-state index contributed by atoms with van der Waals surface area (Å²) in [6.07, 6.45) is -2.02. The quantitative estimate of drug-likeness (QED) is 0.879. The summed E-state index contributed by atoms with van der Waals surface area (Å²) in [4.78, 5) is 4.42. The molecule has 0 aliphatic carbocycles. The van der Waals surface area contributed by atoms with Gasteiger partial charge in [-0.3, -0.25) is 0 Å². The van der Waals surface area contributed by atoms with Crippen molar-refractivity contribution in [2.24, 2.45) is 0 Å². The van der Waals surface area contributed by atoms with E-state index >= 15 is 0 Å². The first-order valence-corrected chi connectivity index (χ1v) is 8.42. The number of hydrogen-bond acceptors (Lipinski definition) is 2.